The first-order valence-electron chi connectivity index (χ1n) is 6.01. The Hall–Kier alpha value is -2.28. The summed E-state index contributed by atoms with van der Waals surface area (Å²) >= 11 is 5.92. The second-order valence-corrected chi connectivity index (χ2v) is 4.50. The van der Waals surface area contributed by atoms with Crippen molar-refractivity contribution in [1.82, 2.24) is 10.6 Å². The summed E-state index contributed by atoms with van der Waals surface area (Å²) in [5, 5.41) is 14.1. The predicted octanol–water partition coefficient (Wildman–Crippen LogP) is 1.16. The number of carboxylic acids is 1. The lowest BCUT2D eigenvalue weighted by molar-refractivity contribution is -0.147. The number of benzene rings is 1. The van der Waals surface area contributed by atoms with Gasteiger partial charge >= 0.3 is 18.0 Å². The first kappa shape index (κ1) is 16.8. The van der Waals surface area contributed by atoms with Crippen LogP contribution in [0.3, 0.4) is 0 Å². The molecule has 0 aliphatic carbocycles. The van der Waals surface area contributed by atoms with E-state index in [2.05, 4.69) is 15.4 Å². The molecule has 0 aliphatic heterocycles. The number of carbonyl (C=O) groups excluding carboxylic acids is 2. The third kappa shape index (κ3) is 5.70. The van der Waals surface area contributed by atoms with E-state index in [1.54, 1.807) is 24.3 Å². The number of hydrogen-bond donors (Lipinski definition) is 3. The van der Waals surface area contributed by atoms with Crippen molar-refractivity contribution in [3.63, 3.8) is 0 Å². The fraction of sp³-hybridized carbons (Fsp3) is 0.308. The third-order valence-corrected chi connectivity index (χ3v) is 2.97. The highest BCUT2D eigenvalue weighted by atomic mass is 35.5. The average molecular weight is 315 g/mol. The summed E-state index contributed by atoms with van der Waals surface area (Å²) in [6.07, 6.45) is -0.453. The van der Waals surface area contributed by atoms with Crippen LogP contribution in [0, 0.1) is 0 Å². The van der Waals surface area contributed by atoms with E-state index in [0.717, 1.165) is 7.11 Å². The zero-order valence-corrected chi connectivity index (χ0v) is 12.0. The molecule has 1 aromatic carbocycles. The van der Waals surface area contributed by atoms with Gasteiger partial charge < -0.3 is 20.5 Å². The molecule has 8 heteroatoms. The molecule has 0 saturated carbocycles. The minimum Gasteiger partial charge on any atom is -0.480 e. The van der Waals surface area contributed by atoms with E-state index >= 15 is 0 Å². The molecule has 0 spiro atoms. The standard InChI is InChI=1S/C13H15ClN2O5/c1-21-11(17)6-10(12(18)19)16-13(20)15-7-8-4-2-3-5-9(8)14/h2-5,10H,6-7H2,1H3,(H,18,19)(H2,15,16,20)/t10-/m0/s1. The molecule has 7 nitrogen and oxygen atoms in total. The van der Waals surface area contributed by atoms with Gasteiger partial charge in [0.2, 0.25) is 0 Å². The quantitative estimate of drug-likeness (QED) is 0.683. The SMILES string of the molecule is COC(=O)C[C@H](NC(=O)NCc1ccccc1Cl)C(=O)O. The number of rotatable bonds is 6. The lowest BCUT2D eigenvalue weighted by Crippen LogP contribution is -2.46. The van der Waals surface area contributed by atoms with Gasteiger partial charge in [-0.1, -0.05) is 29.8 Å². The van der Waals surface area contributed by atoms with Gasteiger partial charge in [-0.2, -0.15) is 0 Å². The van der Waals surface area contributed by atoms with Crippen LogP contribution in [-0.4, -0.2) is 36.2 Å². The molecule has 1 aromatic rings. The second kappa shape index (κ2) is 8.11. The molecule has 114 valence electrons. The summed E-state index contributed by atoms with van der Waals surface area (Å²) in [6, 6.07) is 4.84. The normalized spacial score (nSPS) is 11.3. The van der Waals surface area contributed by atoms with Gasteiger partial charge in [0.25, 0.3) is 0 Å². The Morgan fingerprint density at radius 2 is 2.00 bits per heavy atom. The van der Waals surface area contributed by atoms with Gasteiger partial charge in [0.05, 0.1) is 13.5 Å². The van der Waals surface area contributed by atoms with Crippen LogP contribution in [0.5, 0.6) is 0 Å². The molecule has 0 fully saturated rings. The van der Waals surface area contributed by atoms with Gasteiger partial charge in [-0.15, -0.1) is 0 Å². The number of halogens is 1. The molecule has 0 aliphatic rings. The Balaban J connectivity index is 2.53. The Bertz CT molecular complexity index is 535. The number of hydrogen-bond acceptors (Lipinski definition) is 4. The largest absolute Gasteiger partial charge is 0.480 e. The van der Waals surface area contributed by atoms with E-state index < -0.39 is 30.4 Å². The van der Waals surface area contributed by atoms with Crippen LogP contribution in [0.25, 0.3) is 0 Å². The first-order valence-corrected chi connectivity index (χ1v) is 6.39. The zero-order chi connectivity index (χ0) is 15.8. The molecule has 21 heavy (non-hydrogen) atoms. The maximum Gasteiger partial charge on any atom is 0.326 e. The van der Waals surface area contributed by atoms with E-state index in [1.165, 1.54) is 0 Å². The molecule has 0 saturated heterocycles. The number of carboxylic acid groups (broad SMARTS) is 1. The topological polar surface area (TPSA) is 105 Å². The first-order chi connectivity index (χ1) is 9.93. The third-order valence-electron chi connectivity index (χ3n) is 2.60. The van der Waals surface area contributed by atoms with Gasteiger partial charge in [-0.05, 0) is 11.6 Å². The summed E-state index contributed by atoms with van der Waals surface area (Å²) in [4.78, 5) is 33.6. The van der Waals surface area contributed by atoms with Crippen molar-refractivity contribution in [2.24, 2.45) is 0 Å². The summed E-state index contributed by atoms with van der Waals surface area (Å²) in [5.41, 5.74) is 0.689. The molecule has 0 radical (unpaired) electrons. The molecule has 3 N–H and O–H groups in total. The number of ether oxygens (including phenoxy) is 1. The van der Waals surface area contributed by atoms with Crippen molar-refractivity contribution in [3.05, 3.63) is 34.9 Å². The van der Waals surface area contributed by atoms with E-state index in [-0.39, 0.29) is 6.54 Å². The maximum atomic E-state index is 11.6. The molecular weight excluding hydrogens is 300 g/mol. The molecule has 2 amide bonds. The van der Waals surface area contributed by atoms with Gasteiger partial charge in [0, 0.05) is 11.6 Å². The van der Waals surface area contributed by atoms with Gasteiger partial charge in [0.15, 0.2) is 0 Å². The van der Waals surface area contributed by atoms with Crippen LogP contribution in [0.4, 0.5) is 4.79 Å². The lowest BCUT2D eigenvalue weighted by Gasteiger charge is -2.14. The molecule has 0 heterocycles. The van der Waals surface area contributed by atoms with Gasteiger partial charge in [-0.25, -0.2) is 9.59 Å². The number of methoxy groups -OCH3 is 1. The highest BCUT2D eigenvalue weighted by molar-refractivity contribution is 6.31. The summed E-state index contributed by atoms with van der Waals surface area (Å²) in [5.74, 6) is -2.05. The summed E-state index contributed by atoms with van der Waals surface area (Å²) in [6.45, 7) is 0.135. The Kier molecular flexibility index (Phi) is 6.48. The second-order valence-electron chi connectivity index (χ2n) is 4.09. The van der Waals surface area contributed by atoms with Gasteiger partial charge in [0.1, 0.15) is 6.04 Å². The molecular formula is C13H15ClN2O5. The van der Waals surface area contributed by atoms with Crippen LogP contribution >= 0.6 is 11.6 Å². The number of nitrogens with one attached hydrogen (secondary N) is 2. The van der Waals surface area contributed by atoms with Crippen molar-refractivity contribution in [1.29, 1.82) is 0 Å². The minimum absolute atomic E-state index is 0.135. The zero-order valence-electron chi connectivity index (χ0n) is 11.3. The molecule has 1 atom stereocenters. The fourth-order valence-corrected chi connectivity index (χ4v) is 1.68. The Morgan fingerprint density at radius 1 is 1.33 bits per heavy atom. The van der Waals surface area contributed by atoms with E-state index in [4.69, 9.17) is 16.7 Å². The molecule has 1 rings (SSSR count). The van der Waals surface area contributed by atoms with Gasteiger partial charge in [-0.3, -0.25) is 4.79 Å². The van der Waals surface area contributed by atoms with Crippen molar-refractivity contribution in [3.8, 4) is 0 Å². The predicted molar refractivity (Wildman–Crippen MR) is 74.9 cm³/mol. The number of amides is 2. The molecule has 0 bridgehead atoms. The smallest absolute Gasteiger partial charge is 0.326 e. The maximum absolute atomic E-state index is 11.6. The molecule has 0 aromatic heterocycles. The van der Waals surface area contributed by atoms with Crippen molar-refractivity contribution < 1.29 is 24.2 Å². The minimum atomic E-state index is -1.36. The number of aliphatic carboxylic acids is 1. The van der Waals surface area contributed by atoms with Crippen molar-refractivity contribution in [2.75, 3.05) is 7.11 Å². The van der Waals surface area contributed by atoms with E-state index in [9.17, 15) is 14.4 Å². The van der Waals surface area contributed by atoms with Crippen molar-refractivity contribution in [2.45, 2.75) is 19.0 Å². The highest BCUT2D eigenvalue weighted by Crippen LogP contribution is 2.14. The van der Waals surface area contributed by atoms with Crippen LogP contribution in [0.1, 0.15) is 12.0 Å². The molecule has 0 unspecified atom stereocenters. The monoisotopic (exact) mass is 314 g/mol. The average Bonchev–Trinajstić information content (AvgIpc) is 2.45. The van der Waals surface area contributed by atoms with Crippen LogP contribution in [0.15, 0.2) is 24.3 Å². The van der Waals surface area contributed by atoms with Crippen LogP contribution < -0.4 is 10.6 Å². The fourth-order valence-electron chi connectivity index (χ4n) is 1.48. The summed E-state index contributed by atoms with van der Waals surface area (Å²) in [7, 11) is 1.14. The van der Waals surface area contributed by atoms with E-state index in [0.29, 0.717) is 10.6 Å². The van der Waals surface area contributed by atoms with Crippen LogP contribution in [-0.2, 0) is 20.9 Å². The number of carbonyl (C=O) groups is 3. The van der Waals surface area contributed by atoms with Crippen molar-refractivity contribution >= 4 is 29.6 Å². The number of esters is 1. The number of urea groups is 1. The van der Waals surface area contributed by atoms with E-state index in [1.807, 2.05) is 0 Å². The van der Waals surface area contributed by atoms with Crippen LogP contribution in [0.2, 0.25) is 5.02 Å². The Labute approximate surface area is 126 Å². The Morgan fingerprint density at radius 3 is 2.57 bits per heavy atom. The lowest BCUT2D eigenvalue weighted by atomic mass is 10.2. The highest BCUT2D eigenvalue weighted by Gasteiger charge is 2.23. The summed E-state index contributed by atoms with van der Waals surface area (Å²) < 4.78 is 4.37.